The Morgan fingerprint density at radius 1 is 1.37 bits per heavy atom. The van der Waals surface area contributed by atoms with Gasteiger partial charge in [-0.2, -0.15) is 0 Å². The van der Waals surface area contributed by atoms with Gasteiger partial charge in [0.05, 0.1) is 7.11 Å². The number of fused-ring (bicyclic) bond motifs is 2. The number of nitrogens with one attached hydrogen (secondary N) is 1. The second-order valence-electron chi connectivity index (χ2n) is 7.25. The van der Waals surface area contributed by atoms with Crippen molar-refractivity contribution in [3.63, 3.8) is 0 Å². The molecule has 0 radical (unpaired) electrons. The van der Waals surface area contributed by atoms with Crippen molar-refractivity contribution in [1.82, 2.24) is 15.4 Å². The molecule has 0 spiro atoms. The zero-order chi connectivity index (χ0) is 21.1. The van der Waals surface area contributed by atoms with Crippen LogP contribution in [-0.2, 0) is 6.54 Å². The first-order chi connectivity index (χ1) is 14.6. The van der Waals surface area contributed by atoms with Gasteiger partial charge in [-0.15, -0.1) is 0 Å². The van der Waals surface area contributed by atoms with Crippen molar-refractivity contribution >= 4 is 16.9 Å². The average molecular weight is 412 g/mol. The molecule has 9 heteroatoms. The minimum Gasteiger partial charge on any atom is -0.497 e. The van der Waals surface area contributed by atoms with Crippen LogP contribution in [0.25, 0.3) is 11.0 Å². The van der Waals surface area contributed by atoms with E-state index >= 15 is 0 Å². The van der Waals surface area contributed by atoms with Gasteiger partial charge in [0.25, 0.3) is 5.91 Å². The van der Waals surface area contributed by atoms with Gasteiger partial charge in [-0.05, 0) is 41.7 Å². The number of hydrogen-bond acceptors (Lipinski definition) is 7. The molecular formula is C21H24N4O5. The maximum atomic E-state index is 12.5. The van der Waals surface area contributed by atoms with Gasteiger partial charge in [-0.25, -0.2) is 0 Å². The first kappa shape index (κ1) is 20.0. The van der Waals surface area contributed by atoms with E-state index in [1.54, 1.807) is 13.2 Å². The van der Waals surface area contributed by atoms with Crippen LogP contribution in [0.4, 0.5) is 0 Å². The molecule has 1 aliphatic rings. The van der Waals surface area contributed by atoms with Crippen LogP contribution >= 0.6 is 0 Å². The Bertz CT molecular complexity index is 1050. The zero-order valence-corrected chi connectivity index (χ0v) is 17.0. The first-order valence-electron chi connectivity index (χ1n) is 9.91. The lowest BCUT2D eigenvalue weighted by molar-refractivity contribution is -0.782. The van der Waals surface area contributed by atoms with E-state index in [0.29, 0.717) is 35.6 Å². The second kappa shape index (κ2) is 8.58. The van der Waals surface area contributed by atoms with Crippen molar-refractivity contribution in [2.75, 3.05) is 26.7 Å². The SMILES string of the molecule is CCC1CN(CCNC(=O)c2ccc3c(c2)no[n+]3[O-])Cc2cc(OC)ccc2O1. The third-order valence-electron chi connectivity index (χ3n) is 5.23. The number of rotatable bonds is 6. The highest BCUT2D eigenvalue weighted by Crippen LogP contribution is 2.29. The summed E-state index contributed by atoms with van der Waals surface area (Å²) in [5, 5.41) is 17.9. The predicted octanol–water partition coefficient (Wildman–Crippen LogP) is 1.87. The Labute approximate surface area is 173 Å². The predicted molar refractivity (Wildman–Crippen MR) is 108 cm³/mol. The quantitative estimate of drug-likeness (QED) is 0.617. The van der Waals surface area contributed by atoms with Crippen LogP contribution in [0.3, 0.4) is 0 Å². The minimum atomic E-state index is -0.225. The summed E-state index contributed by atoms with van der Waals surface area (Å²) in [7, 11) is 1.65. The maximum absolute atomic E-state index is 12.5. The van der Waals surface area contributed by atoms with Crippen molar-refractivity contribution in [3.8, 4) is 11.5 Å². The van der Waals surface area contributed by atoms with Crippen LogP contribution in [0.5, 0.6) is 11.5 Å². The molecule has 2 aromatic carbocycles. The molecule has 1 aliphatic heterocycles. The van der Waals surface area contributed by atoms with Crippen LogP contribution in [0, 0.1) is 5.21 Å². The molecule has 0 fully saturated rings. The maximum Gasteiger partial charge on any atom is 0.251 e. The fourth-order valence-corrected chi connectivity index (χ4v) is 3.56. The normalized spacial score (nSPS) is 16.5. The van der Waals surface area contributed by atoms with Crippen LogP contribution in [-0.4, -0.2) is 48.8 Å². The standard InChI is InChI=1S/C21H24N4O5/c1-3-16-13-24(12-15-10-17(28-2)5-7-20(15)29-16)9-8-22-21(26)14-4-6-19-18(11-14)23-30-25(19)27/h4-7,10-11,16H,3,8-9,12-13H2,1-2H3,(H,22,26). The summed E-state index contributed by atoms with van der Waals surface area (Å²) in [5.74, 6) is 1.45. The lowest BCUT2D eigenvalue weighted by atomic mass is 10.1. The number of carbonyl (C=O) groups excluding carboxylic acids is 1. The van der Waals surface area contributed by atoms with Crippen molar-refractivity contribution in [2.24, 2.45) is 0 Å². The highest BCUT2D eigenvalue weighted by Gasteiger charge is 2.22. The number of carbonyl (C=O) groups is 1. The number of amides is 1. The van der Waals surface area contributed by atoms with Crippen molar-refractivity contribution in [3.05, 3.63) is 52.7 Å². The van der Waals surface area contributed by atoms with Gasteiger partial charge in [0.15, 0.2) is 0 Å². The van der Waals surface area contributed by atoms with Gasteiger partial charge in [0.2, 0.25) is 11.0 Å². The summed E-state index contributed by atoms with van der Waals surface area (Å²) in [5.41, 5.74) is 2.13. The smallest absolute Gasteiger partial charge is 0.251 e. The van der Waals surface area contributed by atoms with E-state index in [0.717, 1.165) is 30.0 Å². The third-order valence-corrected chi connectivity index (χ3v) is 5.23. The highest BCUT2D eigenvalue weighted by atomic mass is 16.8. The van der Waals surface area contributed by atoms with E-state index in [-0.39, 0.29) is 17.5 Å². The monoisotopic (exact) mass is 412 g/mol. The molecule has 0 bridgehead atoms. The van der Waals surface area contributed by atoms with Crippen molar-refractivity contribution < 1.29 is 23.8 Å². The Balaban J connectivity index is 1.39. The summed E-state index contributed by atoms with van der Waals surface area (Å²) in [4.78, 5) is 15.1. The fraction of sp³-hybridized carbons (Fsp3) is 0.381. The van der Waals surface area contributed by atoms with Crippen molar-refractivity contribution in [1.29, 1.82) is 0 Å². The third kappa shape index (κ3) is 4.16. The Morgan fingerprint density at radius 2 is 2.23 bits per heavy atom. The fourth-order valence-electron chi connectivity index (χ4n) is 3.56. The van der Waals surface area contributed by atoms with Crippen LogP contribution in [0.1, 0.15) is 29.3 Å². The molecule has 0 saturated carbocycles. The molecule has 1 atom stereocenters. The number of hydrogen-bond donors (Lipinski definition) is 1. The van der Waals surface area contributed by atoms with Crippen LogP contribution in [0.2, 0.25) is 0 Å². The molecule has 158 valence electrons. The summed E-state index contributed by atoms with van der Waals surface area (Å²) in [6, 6.07) is 10.5. The topological polar surface area (TPSA) is 104 Å². The molecule has 30 heavy (non-hydrogen) atoms. The lowest BCUT2D eigenvalue weighted by Crippen LogP contribution is -2.38. The number of ether oxygens (including phenoxy) is 2. The molecule has 0 aliphatic carbocycles. The molecule has 1 aromatic heterocycles. The van der Waals surface area contributed by atoms with Gasteiger partial charge in [0, 0.05) is 48.5 Å². The first-order valence-corrected chi connectivity index (χ1v) is 9.91. The van der Waals surface area contributed by atoms with E-state index in [2.05, 4.69) is 26.9 Å². The Hall–Kier alpha value is -3.33. The molecule has 4 rings (SSSR count). The molecule has 1 unspecified atom stereocenters. The largest absolute Gasteiger partial charge is 0.497 e. The van der Waals surface area contributed by atoms with Gasteiger partial charge >= 0.3 is 0 Å². The van der Waals surface area contributed by atoms with Crippen LogP contribution in [0.15, 0.2) is 41.0 Å². The summed E-state index contributed by atoms with van der Waals surface area (Å²) in [6.07, 6.45) is 0.981. The molecule has 1 amide bonds. The highest BCUT2D eigenvalue weighted by molar-refractivity contribution is 5.96. The van der Waals surface area contributed by atoms with Gasteiger partial charge in [-0.3, -0.25) is 14.3 Å². The summed E-state index contributed by atoms with van der Waals surface area (Å²) < 4.78 is 16.0. The minimum absolute atomic E-state index is 0.0868. The number of aromatic nitrogens is 2. The molecule has 9 nitrogen and oxygen atoms in total. The number of nitrogens with zero attached hydrogens (tertiary/aromatic N) is 3. The summed E-state index contributed by atoms with van der Waals surface area (Å²) >= 11 is 0. The van der Waals surface area contributed by atoms with Gasteiger partial charge in [-0.1, -0.05) is 6.92 Å². The zero-order valence-electron chi connectivity index (χ0n) is 17.0. The number of methoxy groups -OCH3 is 1. The van der Waals surface area contributed by atoms with Crippen molar-refractivity contribution in [2.45, 2.75) is 26.0 Å². The molecular weight excluding hydrogens is 388 g/mol. The lowest BCUT2D eigenvalue weighted by Gasteiger charge is -2.23. The molecule has 3 aromatic rings. The van der Waals surface area contributed by atoms with Gasteiger partial charge in [0.1, 0.15) is 17.6 Å². The van der Waals surface area contributed by atoms with E-state index in [1.165, 1.54) is 12.1 Å². The van der Waals surface area contributed by atoms with Crippen LogP contribution < -0.4 is 19.7 Å². The Kier molecular flexibility index (Phi) is 5.71. The summed E-state index contributed by atoms with van der Waals surface area (Å²) in [6.45, 7) is 4.75. The van der Waals surface area contributed by atoms with E-state index in [9.17, 15) is 10.0 Å². The molecule has 0 saturated heterocycles. The van der Waals surface area contributed by atoms with Gasteiger partial charge < -0.3 is 20.0 Å². The van der Waals surface area contributed by atoms with E-state index in [1.807, 2.05) is 18.2 Å². The van der Waals surface area contributed by atoms with E-state index in [4.69, 9.17) is 9.47 Å². The number of benzene rings is 2. The molecule has 2 heterocycles. The second-order valence-corrected chi connectivity index (χ2v) is 7.25. The van der Waals surface area contributed by atoms with E-state index < -0.39 is 0 Å². The average Bonchev–Trinajstić information content (AvgIpc) is 3.03. The molecule has 1 N–H and O–H groups in total. The Morgan fingerprint density at radius 3 is 3.03 bits per heavy atom.